The topological polar surface area (TPSA) is 88.2 Å². The van der Waals surface area contributed by atoms with Crippen molar-refractivity contribution in [2.45, 2.75) is 18.7 Å². The second kappa shape index (κ2) is 8.20. The Morgan fingerprint density at radius 3 is 2.26 bits per heavy atom. The second-order valence-corrected chi connectivity index (χ2v) is 8.92. The van der Waals surface area contributed by atoms with Gasteiger partial charge in [-0.25, -0.2) is 8.42 Å². The number of hydrogen-bond donors (Lipinski definition) is 2. The van der Waals surface area contributed by atoms with Crippen LogP contribution in [0.5, 0.6) is 0 Å². The number of nitrogens with one attached hydrogen (secondary N) is 2. The van der Waals surface area contributed by atoms with Crippen LogP contribution in [0, 0.1) is 13.8 Å². The molecule has 4 aromatic rings. The highest BCUT2D eigenvalue weighted by Crippen LogP contribution is 2.26. The van der Waals surface area contributed by atoms with E-state index in [0.717, 1.165) is 16.5 Å². The SMILES string of the molecule is Cc1ccc2nc(C)c(C(=O)Nc3ccccc3NS(=O)(=O)c3ccccc3)cc2c1. The minimum absolute atomic E-state index is 0.140. The third kappa shape index (κ3) is 4.41. The Morgan fingerprint density at radius 2 is 1.52 bits per heavy atom. The van der Waals surface area contributed by atoms with Gasteiger partial charge in [-0.2, -0.15) is 0 Å². The first kappa shape index (κ1) is 20.6. The molecule has 31 heavy (non-hydrogen) atoms. The number of benzene rings is 3. The molecule has 0 saturated heterocycles. The largest absolute Gasteiger partial charge is 0.320 e. The number of nitrogens with zero attached hydrogens (tertiary/aromatic N) is 1. The van der Waals surface area contributed by atoms with Crippen LogP contribution in [0.1, 0.15) is 21.6 Å². The van der Waals surface area contributed by atoms with Gasteiger partial charge in [-0.1, -0.05) is 42.0 Å². The van der Waals surface area contributed by atoms with E-state index in [-0.39, 0.29) is 16.5 Å². The lowest BCUT2D eigenvalue weighted by Gasteiger charge is -2.14. The van der Waals surface area contributed by atoms with Gasteiger partial charge in [0.1, 0.15) is 0 Å². The zero-order valence-electron chi connectivity index (χ0n) is 17.1. The molecule has 0 aliphatic carbocycles. The first-order valence-electron chi connectivity index (χ1n) is 9.70. The number of fused-ring (bicyclic) bond motifs is 1. The Kier molecular flexibility index (Phi) is 5.44. The van der Waals surface area contributed by atoms with Crippen LogP contribution in [0.15, 0.2) is 83.8 Å². The molecule has 3 aromatic carbocycles. The van der Waals surface area contributed by atoms with E-state index in [9.17, 15) is 13.2 Å². The number of hydrogen-bond acceptors (Lipinski definition) is 4. The number of carbonyl (C=O) groups excluding carboxylic acids is 1. The summed E-state index contributed by atoms with van der Waals surface area (Å²) in [5.74, 6) is -0.361. The lowest BCUT2D eigenvalue weighted by atomic mass is 10.1. The highest BCUT2D eigenvalue weighted by atomic mass is 32.2. The van der Waals surface area contributed by atoms with Crippen LogP contribution in [0.25, 0.3) is 10.9 Å². The molecule has 7 heteroatoms. The number of aryl methyl sites for hydroxylation is 2. The van der Waals surface area contributed by atoms with Gasteiger partial charge in [0.2, 0.25) is 0 Å². The predicted molar refractivity (Wildman–Crippen MR) is 123 cm³/mol. The number of amides is 1. The van der Waals surface area contributed by atoms with Crippen molar-refractivity contribution in [1.29, 1.82) is 0 Å². The van der Waals surface area contributed by atoms with Gasteiger partial charge in [0.15, 0.2) is 0 Å². The van der Waals surface area contributed by atoms with Crippen LogP contribution >= 0.6 is 0 Å². The van der Waals surface area contributed by atoms with Crippen LogP contribution in [-0.4, -0.2) is 19.3 Å². The summed E-state index contributed by atoms with van der Waals surface area (Å²) in [5, 5.41) is 3.68. The van der Waals surface area contributed by atoms with Crippen molar-refractivity contribution >= 4 is 38.2 Å². The minimum atomic E-state index is -3.79. The van der Waals surface area contributed by atoms with E-state index in [1.165, 1.54) is 12.1 Å². The fraction of sp³-hybridized carbons (Fsp3) is 0.0833. The van der Waals surface area contributed by atoms with Crippen molar-refractivity contribution in [3.05, 3.63) is 95.7 Å². The average molecular weight is 432 g/mol. The number of rotatable bonds is 5. The third-order valence-corrected chi connectivity index (χ3v) is 6.26. The maximum atomic E-state index is 13.0. The molecule has 0 fully saturated rings. The first-order chi connectivity index (χ1) is 14.8. The normalized spacial score (nSPS) is 11.3. The van der Waals surface area contributed by atoms with Crippen molar-refractivity contribution < 1.29 is 13.2 Å². The molecule has 0 aliphatic heterocycles. The molecule has 6 nitrogen and oxygen atoms in total. The van der Waals surface area contributed by atoms with Gasteiger partial charge in [0.05, 0.1) is 33.0 Å². The van der Waals surface area contributed by atoms with Gasteiger partial charge in [-0.05, 0) is 56.3 Å². The van der Waals surface area contributed by atoms with Crippen molar-refractivity contribution in [1.82, 2.24) is 4.98 Å². The highest BCUT2D eigenvalue weighted by Gasteiger charge is 2.18. The Hall–Kier alpha value is -3.71. The molecular formula is C24H21N3O3S. The summed E-state index contributed by atoms with van der Waals surface area (Å²) in [7, 11) is -3.79. The molecular weight excluding hydrogens is 410 g/mol. The van der Waals surface area contributed by atoms with Gasteiger partial charge in [0.25, 0.3) is 15.9 Å². The van der Waals surface area contributed by atoms with Crippen molar-refractivity contribution in [3.63, 3.8) is 0 Å². The molecule has 1 amide bonds. The molecule has 1 aromatic heterocycles. The fourth-order valence-corrected chi connectivity index (χ4v) is 4.40. The highest BCUT2D eigenvalue weighted by molar-refractivity contribution is 7.92. The maximum absolute atomic E-state index is 13.0. The van der Waals surface area contributed by atoms with E-state index in [1.54, 1.807) is 55.5 Å². The summed E-state index contributed by atoms with van der Waals surface area (Å²) in [6.45, 7) is 3.76. The fourth-order valence-electron chi connectivity index (χ4n) is 3.30. The lowest BCUT2D eigenvalue weighted by Crippen LogP contribution is -2.18. The van der Waals surface area contributed by atoms with Crippen LogP contribution < -0.4 is 10.0 Å². The molecule has 1 heterocycles. The van der Waals surface area contributed by atoms with Gasteiger partial charge in [-0.15, -0.1) is 0 Å². The Balaban J connectivity index is 1.64. The van der Waals surface area contributed by atoms with E-state index in [4.69, 9.17) is 0 Å². The molecule has 0 spiro atoms. The van der Waals surface area contributed by atoms with E-state index < -0.39 is 10.0 Å². The van der Waals surface area contributed by atoms with Crippen LogP contribution in [0.2, 0.25) is 0 Å². The molecule has 2 N–H and O–H groups in total. The summed E-state index contributed by atoms with van der Waals surface area (Å²) >= 11 is 0. The summed E-state index contributed by atoms with van der Waals surface area (Å²) in [4.78, 5) is 17.7. The summed E-state index contributed by atoms with van der Waals surface area (Å²) in [6, 6.07) is 22.4. The zero-order valence-corrected chi connectivity index (χ0v) is 17.9. The Labute approximate surface area is 181 Å². The second-order valence-electron chi connectivity index (χ2n) is 7.24. The quantitative estimate of drug-likeness (QED) is 0.470. The molecule has 0 saturated carbocycles. The van der Waals surface area contributed by atoms with Gasteiger partial charge in [-0.3, -0.25) is 14.5 Å². The summed E-state index contributed by atoms with van der Waals surface area (Å²) < 4.78 is 28.0. The smallest absolute Gasteiger partial charge is 0.261 e. The summed E-state index contributed by atoms with van der Waals surface area (Å²) in [6.07, 6.45) is 0. The first-order valence-corrected chi connectivity index (χ1v) is 11.2. The van der Waals surface area contributed by atoms with E-state index in [2.05, 4.69) is 15.0 Å². The van der Waals surface area contributed by atoms with Crippen LogP contribution in [0.3, 0.4) is 0 Å². The zero-order chi connectivity index (χ0) is 22.0. The van der Waals surface area contributed by atoms with Crippen LogP contribution in [-0.2, 0) is 10.0 Å². The molecule has 4 rings (SSSR count). The molecule has 0 aliphatic rings. The Bertz CT molecular complexity index is 1380. The molecule has 0 atom stereocenters. The number of aromatic nitrogens is 1. The van der Waals surface area contributed by atoms with Gasteiger partial charge >= 0.3 is 0 Å². The van der Waals surface area contributed by atoms with Gasteiger partial charge < -0.3 is 5.32 Å². The van der Waals surface area contributed by atoms with E-state index in [1.807, 2.05) is 25.1 Å². The van der Waals surface area contributed by atoms with E-state index in [0.29, 0.717) is 16.9 Å². The van der Waals surface area contributed by atoms with Crippen molar-refractivity contribution in [2.24, 2.45) is 0 Å². The predicted octanol–water partition coefficient (Wildman–Crippen LogP) is 4.90. The van der Waals surface area contributed by atoms with Crippen molar-refractivity contribution in [2.75, 3.05) is 10.0 Å². The standard InChI is InChI=1S/C24H21N3O3S/c1-16-12-13-21-18(14-16)15-20(17(2)25-21)24(28)26-22-10-6-7-11-23(22)27-31(29,30)19-8-4-3-5-9-19/h3-15,27H,1-2H3,(H,26,28). The average Bonchev–Trinajstić information content (AvgIpc) is 2.75. The molecule has 0 bridgehead atoms. The van der Waals surface area contributed by atoms with Crippen molar-refractivity contribution in [3.8, 4) is 0 Å². The molecule has 156 valence electrons. The maximum Gasteiger partial charge on any atom is 0.261 e. The molecule has 0 unspecified atom stereocenters. The minimum Gasteiger partial charge on any atom is -0.320 e. The number of para-hydroxylation sites is 2. The third-order valence-electron chi connectivity index (χ3n) is 4.88. The Morgan fingerprint density at radius 1 is 0.839 bits per heavy atom. The van der Waals surface area contributed by atoms with E-state index >= 15 is 0 Å². The lowest BCUT2D eigenvalue weighted by molar-refractivity contribution is 0.102. The number of carbonyl (C=O) groups is 1. The monoisotopic (exact) mass is 431 g/mol. The number of anilines is 2. The summed E-state index contributed by atoms with van der Waals surface area (Å²) in [5.41, 5.74) is 3.55. The molecule has 0 radical (unpaired) electrons. The number of sulfonamides is 1. The van der Waals surface area contributed by atoms with Gasteiger partial charge in [0, 0.05) is 5.39 Å². The number of pyridine rings is 1. The van der Waals surface area contributed by atoms with Crippen LogP contribution in [0.4, 0.5) is 11.4 Å².